The highest BCUT2D eigenvalue weighted by atomic mass is 16.6. The maximum atomic E-state index is 11.4. The minimum absolute atomic E-state index is 0.0159. The van der Waals surface area contributed by atoms with Crippen molar-refractivity contribution in [1.82, 2.24) is 15.4 Å². The zero-order valence-electron chi connectivity index (χ0n) is 11.7. The maximum Gasteiger partial charge on any atom is 0.293 e. The number of benzene rings is 1. The fraction of sp³-hybridized carbons (Fsp3) is 0.308. The third-order valence-corrected chi connectivity index (χ3v) is 3.67. The Morgan fingerprint density at radius 1 is 1.32 bits per heavy atom. The van der Waals surface area contributed by atoms with Gasteiger partial charge >= 0.3 is 0 Å². The lowest BCUT2D eigenvalue weighted by molar-refractivity contribution is -0.384. The van der Waals surface area contributed by atoms with Gasteiger partial charge in [-0.3, -0.25) is 14.9 Å². The quantitative estimate of drug-likeness (QED) is 0.641. The maximum absolute atomic E-state index is 11.4. The predicted molar refractivity (Wildman–Crippen MR) is 78.4 cm³/mol. The summed E-state index contributed by atoms with van der Waals surface area (Å²) < 4.78 is 0. The number of nitrogens with zero attached hydrogens (tertiary/aromatic N) is 4. The van der Waals surface area contributed by atoms with Crippen LogP contribution in [0.5, 0.6) is 0 Å². The summed E-state index contributed by atoms with van der Waals surface area (Å²) in [6.45, 7) is 1.60. The first-order chi connectivity index (χ1) is 10.6. The van der Waals surface area contributed by atoms with Crippen molar-refractivity contribution >= 4 is 17.3 Å². The number of nitrogens with one attached hydrogen (secondary N) is 1. The van der Waals surface area contributed by atoms with E-state index < -0.39 is 10.8 Å². The molecule has 1 saturated heterocycles. The monoisotopic (exact) mass is 302 g/mol. The van der Waals surface area contributed by atoms with Crippen LogP contribution in [-0.2, 0) is 0 Å². The van der Waals surface area contributed by atoms with Gasteiger partial charge in [-0.2, -0.15) is 15.4 Å². The Labute approximate surface area is 125 Å². The number of hydrogen-bond acceptors (Lipinski definition) is 6. The van der Waals surface area contributed by atoms with Gasteiger partial charge in [0.1, 0.15) is 11.4 Å². The molecule has 2 aromatic rings. The summed E-state index contributed by atoms with van der Waals surface area (Å²) in [5.41, 5.74) is 6.38. The van der Waals surface area contributed by atoms with Gasteiger partial charge in [-0.1, -0.05) is 6.07 Å². The first kappa shape index (κ1) is 14.0. The van der Waals surface area contributed by atoms with Crippen LogP contribution in [0.3, 0.4) is 0 Å². The zero-order valence-corrected chi connectivity index (χ0v) is 11.7. The second-order valence-corrected chi connectivity index (χ2v) is 5.04. The van der Waals surface area contributed by atoms with Gasteiger partial charge in [0, 0.05) is 24.7 Å². The van der Waals surface area contributed by atoms with Gasteiger partial charge < -0.3 is 10.6 Å². The summed E-state index contributed by atoms with van der Waals surface area (Å²) in [5, 5.41) is 21.2. The molecule has 1 aliphatic rings. The van der Waals surface area contributed by atoms with E-state index in [1.54, 1.807) is 12.1 Å². The predicted octanol–water partition coefficient (Wildman–Crippen LogP) is 1.08. The number of anilines is 1. The molecule has 1 amide bonds. The number of nitrogens with two attached hydrogens (primary N) is 1. The van der Waals surface area contributed by atoms with Crippen molar-refractivity contribution in [2.75, 3.05) is 18.0 Å². The van der Waals surface area contributed by atoms with Gasteiger partial charge in [0.15, 0.2) is 5.69 Å². The SMILES string of the molecule is NC(=O)c1n[nH]nc1-c1ccc(N2CCCC2)c([N+](=O)[O-])c1. The fourth-order valence-electron chi connectivity index (χ4n) is 2.65. The molecule has 0 saturated carbocycles. The molecule has 0 radical (unpaired) electrons. The zero-order chi connectivity index (χ0) is 15.7. The molecule has 0 atom stereocenters. The number of nitro benzene ring substituents is 1. The first-order valence-corrected chi connectivity index (χ1v) is 6.82. The average molecular weight is 302 g/mol. The van der Waals surface area contributed by atoms with Crippen molar-refractivity contribution < 1.29 is 9.72 Å². The molecule has 1 aliphatic heterocycles. The molecule has 22 heavy (non-hydrogen) atoms. The van der Waals surface area contributed by atoms with E-state index in [1.165, 1.54) is 6.07 Å². The number of rotatable bonds is 4. The largest absolute Gasteiger partial charge is 0.366 e. The summed E-state index contributed by atoms with van der Waals surface area (Å²) in [4.78, 5) is 24.2. The van der Waals surface area contributed by atoms with E-state index in [0.29, 0.717) is 11.3 Å². The molecule has 3 rings (SSSR count). The smallest absolute Gasteiger partial charge is 0.293 e. The number of H-pyrrole nitrogens is 1. The molecule has 3 N–H and O–H groups in total. The molecule has 1 aromatic heterocycles. The summed E-state index contributed by atoms with van der Waals surface area (Å²) in [6, 6.07) is 4.77. The highest BCUT2D eigenvalue weighted by Gasteiger charge is 2.24. The standard InChI is InChI=1S/C13H14N6O3/c14-13(20)12-11(15-17-16-12)8-3-4-9(10(7-8)19(21)22)18-5-1-2-6-18/h3-4,7H,1-2,5-6H2,(H2,14,20)(H,15,16,17). The Bertz CT molecular complexity index is 735. The number of hydrogen-bond donors (Lipinski definition) is 2. The minimum Gasteiger partial charge on any atom is -0.366 e. The van der Waals surface area contributed by atoms with Crippen LogP contribution < -0.4 is 10.6 Å². The molecule has 0 unspecified atom stereocenters. The van der Waals surface area contributed by atoms with Gasteiger partial charge in [-0.15, -0.1) is 0 Å². The second kappa shape index (κ2) is 5.43. The van der Waals surface area contributed by atoms with Crippen LogP contribution in [-0.4, -0.2) is 39.3 Å². The normalized spacial score (nSPS) is 14.3. The molecule has 0 spiro atoms. The molecule has 2 heterocycles. The molecule has 1 fully saturated rings. The van der Waals surface area contributed by atoms with Gasteiger partial charge in [-0.05, 0) is 18.9 Å². The van der Waals surface area contributed by atoms with Crippen molar-refractivity contribution in [2.45, 2.75) is 12.8 Å². The van der Waals surface area contributed by atoms with Crippen LogP contribution in [0, 0.1) is 10.1 Å². The average Bonchev–Trinajstić information content (AvgIpc) is 3.18. The van der Waals surface area contributed by atoms with Gasteiger partial charge in [0.25, 0.3) is 11.6 Å². The lowest BCUT2D eigenvalue weighted by atomic mass is 10.1. The van der Waals surface area contributed by atoms with Crippen molar-refractivity contribution in [3.63, 3.8) is 0 Å². The Hall–Kier alpha value is -2.97. The molecule has 0 bridgehead atoms. The van der Waals surface area contributed by atoms with E-state index in [0.717, 1.165) is 25.9 Å². The molecular weight excluding hydrogens is 288 g/mol. The number of amides is 1. The molecule has 114 valence electrons. The fourth-order valence-corrected chi connectivity index (χ4v) is 2.65. The highest BCUT2D eigenvalue weighted by molar-refractivity contribution is 5.97. The number of aromatic amines is 1. The molecular formula is C13H14N6O3. The molecule has 9 heteroatoms. The second-order valence-electron chi connectivity index (χ2n) is 5.04. The van der Waals surface area contributed by atoms with Crippen LogP contribution in [0.1, 0.15) is 23.3 Å². The number of carbonyl (C=O) groups excluding carboxylic acids is 1. The first-order valence-electron chi connectivity index (χ1n) is 6.82. The van der Waals surface area contributed by atoms with Crippen LogP contribution in [0.2, 0.25) is 0 Å². The molecule has 0 aliphatic carbocycles. The van der Waals surface area contributed by atoms with Gasteiger partial charge in [0.2, 0.25) is 0 Å². The minimum atomic E-state index is -0.741. The summed E-state index contributed by atoms with van der Waals surface area (Å²) in [5.74, 6) is -0.741. The number of nitro groups is 1. The van der Waals surface area contributed by atoms with E-state index in [2.05, 4.69) is 15.4 Å². The number of aromatic nitrogens is 3. The van der Waals surface area contributed by atoms with Crippen molar-refractivity contribution in [1.29, 1.82) is 0 Å². The van der Waals surface area contributed by atoms with Gasteiger partial charge in [0.05, 0.1) is 4.92 Å². The summed E-state index contributed by atoms with van der Waals surface area (Å²) in [6.07, 6.45) is 2.04. The van der Waals surface area contributed by atoms with E-state index in [-0.39, 0.29) is 17.1 Å². The number of carbonyl (C=O) groups is 1. The van der Waals surface area contributed by atoms with Crippen LogP contribution in [0.25, 0.3) is 11.3 Å². The van der Waals surface area contributed by atoms with Crippen molar-refractivity contribution in [3.8, 4) is 11.3 Å². The van der Waals surface area contributed by atoms with E-state index in [9.17, 15) is 14.9 Å². The highest BCUT2D eigenvalue weighted by Crippen LogP contribution is 2.34. The number of primary amides is 1. The summed E-state index contributed by atoms with van der Waals surface area (Å²) in [7, 11) is 0. The topological polar surface area (TPSA) is 131 Å². The Morgan fingerprint density at radius 2 is 2.05 bits per heavy atom. The Morgan fingerprint density at radius 3 is 2.68 bits per heavy atom. The van der Waals surface area contributed by atoms with E-state index in [4.69, 9.17) is 5.73 Å². The van der Waals surface area contributed by atoms with Crippen molar-refractivity contribution in [3.05, 3.63) is 34.0 Å². The third-order valence-electron chi connectivity index (χ3n) is 3.67. The molecule has 1 aromatic carbocycles. The van der Waals surface area contributed by atoms with Crippen LogP contribution in [0.4, 0.5) is 11.4 Å². The Kier molecular flexibility index (Phi) is 3.45. The van der Waals surface area contributed by atoms with Crippen LogP contribution >= 0.6 is 0 Å². The van der Waals surface area contributed by atoms with Crippen molar-refractivity contribution in [2.24, 2.45) is 5.73 Å². The lowest BCUT2D eigenvalue weighted by Crippen LogP contribution is -2.19. The lowest BCUT2D eigenvalue weighted by Gasteiger charge is -2.17. The van der Waals surface area contributed by atoms with E-state index in [1.807, 2.05) is 4.90 Å². The third kappa shape index (κ3) is 2.36. The summed E-state index contributed by atoms with van der Waals surface area (Å²) >= 11 is 0. The van der Waals surface area contributed by atoms with Gasteiger partial charge in [-0.25, -0.2) is 0 Å². The Balaban J connectivity index is 2.07. The van der Waals surface area contributed by atoms with Crippen LogP contribution in [0.15, 0.2) is 18.2 Å². The molecule has 9 nitrogen and oxygen atoms in total. The van der Waals surface area contributed by atoms with E-state index >= 15 is 0 Å².